The summed E-state index contributed by atoms with van der Waals surface area (Å²) >= 11 is 0. The predicted molar refractivity (Wildman–Crippen MR) is 65.1 cm³/mol. The summed E-state index contributed by atoms with van der Waals surface area (Å²) < 4.78 is 5.73. The molecule has 1 atom stereocenters. The van der Waals surface area contributed by atoms with Gasteiger partial charge in [0.25, 0.3) is 0 Å². The Bertz CT molecular complexity index is 151. The first kappa shape index (κ1) is 13.0. The average Bonchev–Trinajstić information content (AvgIpc) is 2.47. The van der Waals surface area contributed by atoms with Crippen molar-refractivity contribution >= 4 is 0 Å². The number of ether oxygens (including phenoxy) is 1. The second-order valence-corrected chi connectivity index (χ2v) is 5.03. The summed E-state index contributed by atoms with van der Waals surface area (Å²) in [7, 11) is 2.07. The van der Waals surface area contributed by atoms with E-state index < -0.39 is 0 Å². The number of rotatable bonds is 5. The van der Waals surface area contributed by atoms with Gasteiger partial charge in [-0.05, 0) is 39.7 Å². The molecule has 0 heterocycles. The van der Waals surface area contributed by atoms with Crippen LogP contribution in [0.2, 0.25) is 0 Å². The fourth-order valence-electron chi connectivity index (χ4n) is 2.46. The Hall–Kier alpha value is -0.0800. The zero-order valence-corrected chi connectivity index (χ0v) is 10.6. The minimum absolute atomic E-state index is 0.353. The van der Waals surface area contributed by atoms with Gasteiger partial charge in [-0.1, -0.05) is 25.7 Å². The lowest BCUT2D eigenvalue weighted by Crippen LogP contribution is -2.38. The molecule has 90 valence electrons. The number of nitrogens with one attached hydrogen (secondary N) is 1. The molecule has 1 fully saturated rings. The molecular formula is C13H27NO. The molecule has 0 saturated heterocycles. The quantitative estimate of drug-likeness (QED) is 0.709. The van der Waals surface area contributed by atoms with Crippen LogP contribution < -0.4 is 5.32 Å². The molecule has 0 spiro atoms. The van der Waals surface area contributed by atoms with Crippen molar-refractivity contribution < 1.29 is 4.74 Å². The smallest absolute Gasteiger partial charge is 0.0625 e. The van der Waals surface area contributed by atoms with Crippen molar-refractivity contribution in [2.75, 3.05) is 13.7 Å². The van der Waals surface area contributed by atoms with Gasteiger partial charge in [-0.25, -0.2) is 0 Å². The van der Waals surface area contributed by atoms with E-state index in [-0.39, 0.29) is 0 Å². The highest BCUT2D eigenvalue weighted by atomic mass is 16.5. The average molecular weight is 213 g/mol. The van der Waals surface area contributed by atoms with E-state index in [1.807, 2.05) is 0 Å². The van der Waals surface area contributed by atoms with Crippen LogP contribution in [0.15, 0.2) is 0 Å². The molecule has 0 aromatic rings. The summed E-state index contributed by atoms with van der Waals surface area (Å²) in [5, 5.41) is 3.43. The fraction of sp³-hybridized carbons (Fsp3) is 1.00. The molecule has 0 aromatic heterocycles. The van der Waals surface area contributed by atoms with E-state index >= 15 is 0 Å². The predicted octanol–water partition coefficient (Wildman–Crippen LogP) is 2.97. The van der Waals surface area contributed by atoms with Crippen LogP contribution in [0.4, 0.5) is 0 Å². The molecule has 1 rings (SSSR count). The first-order valence-corrected chi connectivity index (χ1v) is 6.53. The van der Waals surface area contributed by atoms with Crippen LogP contribution in [-0.2, 0) is 4.74 Å². The molecule has 2 heteroatoms. The third-order valence-electron chi connectivity index (χ3n) is 3.45. The van der Waals surface area contributed by atoms with E-state index in [1.165, 1.54) is 38.5 Å². The summed E-state index contributed by atoms with van der Waals surface area (Å²) in [6, 6.07) is 0.561. The molecular weight excluding hydrogens is 186 g/mol. The van der Waals surface area contributed by atoms with Crippen LogP contribution in [0, 0.1) is 5.92 Å². The lowest BCUT2D eigenvalue weighted by atomic mass is 9.92. The molecule has 15 heavy (non-hydrogen) atoms. The fourth-order valence-corrected chi connectivity index (χ4v) is 2.46. The molecule has 0 amide bonds. The van der Waals surface area contributed by atoms with Crippen LogP contribution in [0.1, 0.15) is 52.4 Å². The first-order valence-electron chi connectivity index (χ1n) is 6.53. The van der Waals surface area contributed by atoms with Crippen molar-refractivity contribution in [3.8, 4) is 0 Å². The minimum atomic E-state index is 0.353. The highest BCUT2D eigenvalue weighted by molar-refractivity contribution is 4.77. The number of hydrogen-bond donors (Lipinski definition) is 1. The molecule has 1 unspecified atom stereocenters. The lowest BCUT2D eigenvalue weighted by Gasteiger charge is -2.26. The van der Waals surface area contributed by atoms with Crippen molar-refractivity contribution in [2.24, 2.45) is 5.92 Å². The summed E-state index contributed by atoms with van der Waals surface area (Å²) in [5.41, 5.74) is 0. The van der Waals surface area contributed by atoms with E-state index in [4.69, 9.17) is 4.74 Å². The molecule has 2 nitrogen and oxygen atoms in total. The van der Waals surface area contributed by atoms with E-state index in [0.29, 0.717) is 12.1 Å². The Balaban J connectivity index is 2.34. The standard InChI is InChI=1S/C13H27NO/c1-11(2)15-10-13(14-3)12-8-6-4-5-7-9-12/h11-14H,4-10H2,1-3H3. The Morgan fingerprint density at radius 3 is 2.20 bits per heavy atom. The zero-order chi connectivity index (χ0) is 11.1. The van der Waals surface area contributed by atoms with Crippen molar-refractivity contribution in [1.29, 1.82) is 0 Å². The SMILES string of the molecule is CNC(COC(C)C)C1CCCCCC1. The molecule has 0 aliphatic heterocycles. The summed E-state index contributed by atoms with van der Waals surface area (Å²) in [4.78, 5) is 0. The van der Waals surface area contributed by atoms with E-state index in [2.05, 4.69) is 26.2 Å². The van der Waals surface area contributed by atoms with Gasteiger partial charge in [-0.2, -0.15) is 0 Å². The van der Waals surface area contributed by atoms with Gasteiger partial charge in [0, 0.05) is 6.04 Å². The maximum Gasteiger partial charge on any atom is 0.0625 e. The molecule has 1 aliphatic carbocycles. The maximum atomic E-state index is 5.73. The van der Waals surface area contributed by atoms with E-state index in [0.717, 1.165) is 12.5 Å². The molecule has 1 saturated carbocycles. The van der Waals surface area contributed by atoms with Gasteiger partial charge in [-0.3, -0.25) is 0 Å². The Morgan fingerprint density at radius 2 is 1.73 bits per heavy atom. The van der Waals surface area contributed by atoms with Gasteiger partial charge in [0.1, 0.15) is 0 Å². The van der Waals surface area contributed by atoms with Crippen molar-refractivity contribution in [1.82, 2.24) is 5.32 Å². The van der Waals surface area contributed by atoms with Crippen LogP contribution in [-0.4, -0.2) is 25.8 Å². The Morgan fingerprint density at radius 1 is 1.13 bits per heavy atom. The van der Waals surface area contributed by atoms with Crippen LogP contribution >= 0.6 is 0 Å². The second-order valence-electron chi connectivity index (χ2n) is 5.03. The van der Waals surface area contributed by atoms with Gasteiger partial charge in [0.2, 0.25) is 0 Å². The zero-order valence-electron chi connectivity index (χ0n) is 10.6. The highest BCUT2D eigenvalue weighted by Gasteiger charge is 2.21. The lowest BCUT2D eigenvalue weighted by molar-refractivity contribution is 0.0479. The number of likely N-dealkylation sites (N-methyl/N-ethyl adjacent to an activating group) is 1. The van der Waals surface area contributed by atoms with Gasteiger partial charge in [0.15, 0.2) is 0 Å². The largest absolute Gasteiger partial charge is 0.377 e. The third kappa shape index (κ3) is 4.98. The second kappa shape index (κ2) is 7.24. The Labute approximate surface area is 94.8 Å². The molecule has 0 bridgehead atoms. The van der Waals surface area contributed by atoms with Crippen LogP contribution in [0.25, 0.3) is 0 Å². The van der Waals surface area contributed by atoms with Crippen molar-refractivity contribution in [2.45, 2.75) is 64.5 Å². The monoisotopic (exact) mass is 213 g/mol. The summed E-state index contributed by atoms with van der Waals surface area (Å²) in [6.45, 7) is 5.10. The van der Waals surface area contributed by atoms with Crippen molar-refractivity contribution in [3.05, 3.63) is 0 Å². The van der Waals surface area contributed by atoms with Crippen LogP contribution in [0.3, 0.4) is 0 Å². The maximum absolute atomic E-state index is 5.73. The van der Waals surface area contributed by atoms with Gasteiger partial charge in [-0.15, -0.1) is 0 Å². The topological polar surface area (TPSA) is 21.3 Å². The normalized spacial score (nSPS) is 21.6. The molecule has 1 N–H and O–H groups in total. The summed E-state index contributed by atoms with van der Waals surface area (Å²) in [5.74, 6) is 0.830. The van der Waals surface area contributed by atoms with Gasteiger partial charge in [0.05, 0.1) is 12.7 Å². The third-order valence-corrected chi connectivity index (χ3v) is 3.45. The van der Waals surface area contributed by atoms with Gasteiger partial charge < -0.3 is 10.1 Å². The molecule has 0 aromatic carbocycles. The molecule has 1 aliphatic rings. The Kier molecular flexibility index (Phi) is 6.26. The minimum Gasteiger partial charge on any atom is -0.377 e. The first-order chi connectivity index (χ1) is 7.24. The number of hydrogen-bond acceptors (Lipinski definition) is 2. The van der Waals surface area contributed by atoms with Crippen LogP contribution in [0.5, 0.6) is 0 Å². The van der Waals surface area contributed by atoms with E-state index in [1.54, 1.807) is 0 Å². The molecule has 0 radical (unpaired) electrons. The summed E-state index contributed by atoms with van der Waals surface area (Å²) in [6.07, 6.45) is 8.79. The van der Waals surface area contributed by atoms with Gasteiger partial charge >= 0.3 is 0 Å². The van der Waals surface area contributed by atoms with E-state index in [9.17, 15) is 0 Å². The highest BCUT2D eigenvalue weighted by Crippen LogP contribution is 2.25. The van der Waals surface area contributed by atoms with Crippen molar-refractivity contribution in [3.63, 3.8) is 0 Å².